The van der Waals surface area contributed by atoms with Crippen LogP contribution in [0.15, 0.2) is 37.1 Å². The third-order valence-corrected chi connectivity index (χ3v) is 5.70. The highest BCUT2D eigenvalue weighted by molar-refractivity contribution is 6.02. The molecule has 0 bridgehead atoms. The molecule has 4 N–H and O–H groups in total. The van der Waals surface area contributed by atoms with Gasteiger partial charge in [0.2, 0.25) is 17.7 Å². The number of aromatic nitrogens is 3. The third kappa shape index (κ3) is 5.64. The van der Waals surface area contributed by atoms with Crippen LogP contribution in [-0.4, -0.2) is 86.3 Å². The number of hydrogen-bond donors (Lipinski definition) is 4. The van der Waals surface area contributed by atoms with E-state index in [0.29, 0.717) is 34.6 Å². The predicted octanol–water partition coefficient (Wildman–Crippen LogP) is 2.18. The molecule has 1 aliphatic heterocycles. The van der Waals surface area contributed by atoms with E-state index in [4.69, 9.17) is 9.47 Å². The van der Waals surface area contributed by atoms with Crippen LogP contribution in [0.3, 0.4) is 0 Å². The maximum absolute atomic E-state index is 12.2. The van der Waals surface area contributed by atoms with Crippen molar-refractivity contribution in [3.63, 3.8) is 0 Å². The number of ether oxygens (including phenoxy) is 2. The molecule has 0 saturated carbocycles. The Labute approximate surface area is 204 Å². The topological polar surface area (TPSA) is 120 Å². The van der Waals surface area contributed by atoms with Gasteiger partial charge >= 0.3 is 0 Å². The van der Waals surface area contributed by atoms with Gasteiger partial charge in [0, 0.05) is 45.5 Å². The van der Waals surface area contributed by atoms with Gasteiger partial charge in [-0.05, 0) is 32.3 Å². The summed E-state index contributed by atoms with van der Waals surface area (Å²) in [4.78, 5) is 28.7. The Kier molecular flexibility index (Phi) is 7.37. The third-order valence-electron chi connectivity index (χ3n) is 5.70. The maximum Gasteiger partial charge on any atom is 0.247 e. The second kappa shape index (κ2) is 10.6. The molecule has 186 valence electrons. The molecule has 0 aliphatic carbocycles. The quantitative estimate of drug-likeness (QED) is 0.306. The van der Waals surface area contributed by atoms with E-state index in [-0.39, 0.29) is 12.0 Å². The molecule has 3 heterocycles. The highest BCUT2D eigenvalue weighted by Crippen LogP contribution is 2.38. The van der Waals surface area contributed by atoms with Crippen molar-refractivity contribution in [2.45, 2.75) is 6.10 Å². The van der Waals surface area contributed by atoms with Crippen molar-refractivity contribution in [1.82, 2.24) is 25.2 Å². The molecule has 0 unspecified atom stereocenters. The lowest BCUT2D eigenvalue weighted by molar-refractivity contribution is -0.111. The number of H-pyrrole nitrogens is 1. The summed E-state index contributed by atoms with van der Waals surface area (Å²) in [7, 11) is 7.60. The number of methoxy groups -OCH3 is 1. The summed E-state index contributed by atoms with van der Waals surface area (Å²) in [5.41, 5.74) is 2.67. The van der Waals surface area contributed by atoms with Crippen LogP contribution in [-0.2, 0) is 4.79 Å². The molecule has 0 radical (unpaired) electrons. The lowest BCUT2D eigenvalue weighted by Crippen LogP contribution is -2.50. The molecular formula is C24H32N8O3. The summed E-state index contributed by atoms with van der Waals surface area (Å²) < 4.78 is 11.7. The van der Waals surface area contributed by atoms with Gasteiger partial charge in [-0.25, -0.2) is 0 Å². The van der Waals surface area contributed by atoms with E-state index < -0.39 is 0 Å². The summed E-state index contributed by atoms with van der Waals surface area (Å²) in [6, 6.07) is 5.57. The summed E-state index contributed by atoms with van der Waals surface area (Å²) in [5.74, 6) is 1.12. The molecule has 1 fully saturated rings. The molecule has 3 aromatic rings. The SMILES string of the molecule is C=CC(=O)Nc1cc(Nc2nc(OC3CNC3)c3cc[nH]c3n2)c(OC)cc1N(C)CCN(C)C. The number of hydrogen-bond acceptors (Lipinski definition) is 9. The first-order chi connectivity index (χ1) is 16.9. The fourth-order valence-corrected chi connectivity index (χ4v) is 3.59. The van der Waals surface area contributed by atoms with Gasteiger partial charge in [0.15, 0.2) is 0 Å². The first kappa shape index (κ1) is 24.3. The van der Waals surface area contributed by atoms with Gasteiger partial charge in [0.05, 0.1) is 29.6 Å². The van der Waals surface area contributed by atoms with Gasteiger partial charge in [-0.1, -0.05) is 6.58 Å². The van der Waals surface area contributed by atoms with Gasteiger partial charge in [0.1, 0.15) is 17.5 Å². The van der Waals surface area contributed by atoms with E-state index in [1.165, 1.54) is 6.08 Å². The number of carbonyl (C=O) groups excluding carboxylic acids is 1. The first-order valence-corrected chi connectivity index (χ1v) is 11.4. The molecule has 1 aromatic carbocycles. The van der Waals surface area contributed by atoms with E-state index in [2.05, 4.69) is 47.3 Å². The molecule has 4 rings (SSSR count). The molecule has 0 spiro atoms. The van der Waals surface area contributed by atoms with Crippen LogP contribution in [0.4, 0.5) is 23.0 Å². The minimum Gasteiger partial charge on any atom is -0.494 e. The van der Waals surface area contributed by atoms with Gasteiger partial charge in [-0.15, -0.1) is 0 Å². The Balaban J connectivity index is 1.69. The second-order valence-electron chi connectivity index (χ2n) is 8.60. The zero-order valence-corrected chi connectivity index (χ0v) is 20.5. The van der Waals surface area contributed by atoms with Crippen LogP contribution in [0.1, 0.15) is 0 Å². The number of benzene rings is 1. The molecule has 1 amide bonds. The Hall–Kier alpha value is -3.83. The van der Waals surface area contributed by atoms with Crippen molar-refractivity contribution in [1.29, 1.82) is 0 Å². The number of likely N-dealkylation sites (N-methyl/N-ethyl adjacent to an activating group) is 2. The Bertz CT molecular complexity index is 1200. The van der Waals surface area contributed by atoms with Gasteiger partial charge in [0.25, 0.3) is 0 Å². The molecule has 1 aliphatic rings. The van der Waals surface area contributed by atoms with E-state index in [1.807, 2.05) is 33.3 Å². The van der Waals surface area contributed by atoms with E-state index in [0.717, 1.165) is 37.3 Å². The number of aromatic amines is 1. The lowest BCUT2D eigenvalue weighted by Gasteiger charge is -2.27. The van der Waals surface area contributed by atoms with Crippen molar-refractivity contribution in [3.8, 4) is 11.6 Å². The smallest absolute Gasteiger partial charge is 0.247 e. The molecular weight excluding hydrogens is 448 g/mol. The lowest BCUT2D eigenvalue weighted by atomic mass is 10.2. The fourth-order valence-electron chi connectivity index (χ4n) is 3.59. The van der Waals surface area contributed by atoms with Crippen LogP contribution >= 0.6 is 0 Å². The molecule has 2 aromatic heterocycles. The zero-order valence-electron chi connectivity index (χ0n) is 20.5. The van der Waals surface area contributed by atoms with Crippen LogP contribution in [0.25, 0.3) is 11.0 Å². The first-order valence-electron chi connectivity index (χ1n) is 11.4. The summed E-state index contributed by atoms with van der Waals surface area (Å²) >= 11 is 0. The Morgan fingerprint density at radius 3 is 2.69 bits per heavy atom. The Morgan fingerprint density at radius 1 is 1.23 bits per heavy atom. The number of nitrogens with one attached hydrogen (secondary N) is 4. The standard InChI is InChI=1S/C24H32N8O3/c1-6-21(33)27-17-11-18(20(34-5)12-19(17)32(4)10-9-31(2)3)28-24-29-22-16(7-8-26-22)23(30-24)35-15-13-25-14-15/h6-8,11-12,15,25H,1,9-10,13-14H2,2-5H3,(H,27,33)(H2,26,28,29,30). The summed E-state index contributed by atoms with van der Waals surface area (Å²) in [5, 5.41) is 10.1. The zero-order chi connectivity index (χ0) is 24.9. The number of fused-ring (bicyclic) bond motifs is 1. The minimum absolute atomic E-state index is 0.0723. The summed E-state index contributed by atoms with van der Waals surface area (Å²) in [6.45, 7) is 6.73. The number of nitrogens with zero attached hydrogens (tertiary/aromatic N) is 4. The number of amides is 1. The number of anilines is 4. The van der Waals surface area contributed by atoms with Crippen LogP contribution < -0.4 is 30.3 Å². The maximum atomic E-state index is 12.2. The van der Waals surface area contributed by atoms with Gasteiger partial charge in [-0.3, -0.25) is 4.79 Å². The summed E-state index contributed by atoms with van der Waals surface area (Å²) in [6.07, 6.45) is 3.11. The van der Waals surface area contributed by atoms with E-state index >= 15 is 0 Å². The molecule has 11 heteroatoms. The second-order valence-corrected chi connectivity index (χ2v) is 8.60. The monoisotopic (exact) mass is 480 g/mol. The van der Waals surface area contributed by atoms with Crippen LogP contribution in [0, 0.1) is 0 Å². The van der Waals surface area contributed by atoms with Crippen molar-refractivity contribution in [2.75, 3.05) is 70.0 Å². The van der Waals surface area contributed by atoms with Crippen molar-refractivity contribution < 1.29 is 14.3 Å². The average molecular weight is 481 g/mol. The van der Waals surface area contributed by atoms with E-state index in [9.17, 15) is 4.79 Å². The molecule has 35 heavy (non-hydrogen) atoms. The van der Waals surface area contributed by atoms with Crippen molar-refractivity contribution in [3.05, 3.63) is 37.1 Å². The molecule has 11 nitrogen and oxygen atoms in total. The van der Waals surface area contributed by atoms with Crippen LogP contribution in [0.2, 0.25) is 0 Å². The fraction of sp³-hybridized carbons (Fsp3) is 0.375. The highest BCUT2D eigenvalue weighted by Gasteiger charge is 2.22. The molecule has 0 atom stereocenters. The van der Waals surface area contributed by atoms with Crippen molar-refractivity contribution >= 4 is 40.0 Å². The molecule has 1 saturated heterocycles. The van der Waals surface area contributed by atoms with E-state index in [1.54, 1.807) is 19.4 Å². The number of rotatable bonds is 11. The normalized spacial score (nSPS) is 13.4. The van der Waals surface area contributed by atoms with Crippen LogP contribution in [0.5, 0.6) is 11.6 Å². The minimum atomic E-state index is -0.308. The van der Waals surface area contributed by atoms with Gasteiger partial charge < -0.3 is 40.2 Å². The average Bonchev–Trinajstić information content (AvgIpc) is 3.28. The van der Waals surface area contributed by atoms with Gasteiger partial charge in [-0.2, -0.15) is 9.97 Å². The largest absolute Gasteiger partial charge is 0.494 e. The Morgan fingerprint density at radius 2 is 2.03 bits per heavy atom. The predicted molar refractivity (Wildman–Crippen MR) is 138 cm³/mol. The highest BCUT2D eigenvalue weighted by atomic mass is 16.5. The van der Waals surface area contributed by atoms with Crippen molar-refractivity contribution in [2.24, 2.45) is 0 Å². The number of carbonyl (C=O) groups is 1.